The summed E-state index contributed by atoms with van der Waals surface area (Å²) >= 11 is 6.46. The van der Waals surface area contributed by atoms with E-state index in [1.807, 2.05) is 12.1 Å². The highest BCUT2D eigenvalue weighted by molar-refractivity contribution is 6.33. The number of hydrogen-bond donors (Lipinski definition) is 1. The summed E-state index contributed by atoms with van der Waals surface area (Å²) < 4.78 is 0. The molecular weight excluding hydrogens is 256 g/mol. The van der Waals surface area contributed by atoms with Gasteiger partial charge in [0, 0.05) is 12.6 Å². The molecular formula is C16H25ClN2. The minimum absolute atomic E-state index is 0.677. The molecule has 1 saturated carbocycles. The summed E-state index contributed by atoms with van der Waals surface area (Å²) in [4.78, 5) is 2.52. The van der Waals surface area contributed by atoms with Crippen molar-refractivity contribution in [1.29, 1.82) is 0 Å². The second kappa shape index (κ2) is 6.62. The summed E-state index contributed by atoms with van der Waals surface area (Å²) in [6.07, 6.45) is 4.71. The van der Waals surface area contributed by atoms with Crippen LogP contribution in [0.4, 0.5) is 5.69 Å². The summed E-state index contributed by atoms with van der Waals surface area (Å²) in [7, 11) is 0. The van der Waals surface area contributed by atoms with Gasteiger partial charge < -0.3 is 10.6 Å². The van der Waals surface area contributed by atoms with Gasteiger partial charge in [-0.15, -0.1) is 0 Å². The van der Waals surface area contributed by atoms with E-state index in [0.29, 0.717) is 12.6 Å². The van der Waals surface area contributed by atoms with Gasteiger partial charge in [0.2, 0.25) is 0 Å². The van der Waals surface area contributed by atoms with Crippen LogP contribution in [0, 0.1) is 5.92 Å². The van der Waals surface area contributed by atoms with Crippen LogP contribution in [0.1, 0.15) is 38.7 Å². The molecule has 1 fully saturated rings. The Bertz CT molecular complexity index is 413. The maximum Gasteiger partial charge on any atom is 0.0642 e. The van der Waals surface area contributed by atoms with E-state index < -0.39 is 0 Å². The first-order chi connectivity index (χ1) is 9.13. The smallest absolute Gasteiger partial charge is 0.0642 e. The van der Waals surface area contributed by atoms with Crippen LogP contribution in [0.5, 0.6) is 0 Å². The van der Waals surface area contributed by atoms with E-state index >= 15 is 0 Å². The third kappa shape index (κ3) is 3.87. The third-order valence-electron chi connectivity index (χ3n) is 3.71. The largest absolute Gasteiger partial charge is 0.367 e. The van der Waals surface area contributed by atoms with Gasteiger partial charge in [-0.3, -0.25) is 0 Å². The molecule has 1 aliphatic rings. The Morgan fingerprint density at radius 1 is 1.37 bits per heavy atom. The van der Waals surface area contributed by atoms with Gasteiger partial charge in [0.1, 0.15) is 0 Å². The Morgan fingerprint density at radius 2 is 2.11 bits per heavy atom. The zero-order valence-corrected chi connectivity index (χ0v) is 12.8. The average Bonchev–Trinajstić information content (AvgIpc) is 3.17. The predicted octanol–water partition coefficient (Wildman–Crippen LogP) is 3.86. The van der Waals surface area contributed by atoms with Crippen molar-refractivity contribution < 1.29 is 0 Å². The summed E-state index contributed by atoms with van der Waals surface area (Å²) in [5.74, 6) is 0.724. The van der Waals surface area contributed by atoms with Gasteiger partial charge in [-0.2, -0.15) is 0 Å². The minimum Gasteiger partial charge on any atom is -0.367 e. The van der Waals surface area contributed by atoms with Crippen molar-refractivity contribution in [2.75, 3.05) is 18.0 Å². The molecule has 2 N–H and O–H groups in total. The summed E-state index contributed by atoms with van der Waals surface area (Å²) in [5.41, 5.74) is 8.26. The van der Waals surface area contributed by atoms with Crippen LogP contribution in [0.2, 0.25) is 5.02 Å². The second-order valence-corrected chi connectivity index (χ2v) is 6.30. The van der Waals surface area contributed by atoms with Crippen LogP contribution in [-0.2, 0) is 6.42 Å². The zero-order chi connectivity index (χ0) is 13.8. The topological polar surface area (TPSA) is 29.3 Å². The number of benzene rings is 1. The van der Waals surface area contributed by atoms with Crippen LogP contribution in [0.3, 0.4) is 0 Å². The van der Waals surface area contributed by atoms with Crippen molar-refractivity contribution >= 4 is 17.3 Å². The van der Waals surface area contributed by atoms with E-state index in [0.717, 1.165) is 23.9 Å². The van der Waals surface area contributed by atoms with Crippen LogP contribution >= 0.6 is 11.6 Å². The van der Waals surface area contributed by atoms with Gasteiger partial charge in [0.15, 0.2) is 0 Å². The molecule has 0 aliphatic heterocycles. The molecule has 2 nitrogen and oxygen atoms in total. The van der Waals surface area contributed by atoms with E-state index in [4.69, 9.17) is 17.3 Å². The molecule has 0 unspecified atom stereocenters. The molecule has 1 aromatic carbocycles. The van der Waals surface area contributed by atoms with Crippen LogP contribution < -0.4 is 10.6 Å². The van der Waals surface area contributed by atoms with Crippen molar-refractivity contribution in [3.05, 3.63) is 28.8 Å². The van der Waals surface area contributed by atoms with E-state index in [1.165, 1.54) is 30.5 Å². The first-order valence-electron chi connectivity index (χ1n) is 7.37. The molecule has 0 spiro atoms. The first-order valence-corrected chi connectivity index (χ1v) is 7.75. The molecule has 2 rings (SSSR count). The van der Waals surface area contributed by atoms with Crippen molar-refractivity contribution in [1.82, 2.24) is 0 Å². The molecule has 19 heavy (non-hydrogen) atoms. The molecule has 1 aromatic rings. The molecule has 0 atom stereocenters. The standard InChI is InChI=1S/C16H25ClN2/c1-12(2)9-11-19(14-6-7-14)16-13(8-10-18)4-3-5-15(16)17/h3-5,12,14H,6-11,18H2,1-2H3. The molecule has 0 aromatic heterocycles. The van der Waals surface area contributed by atoms with Gasteiger partial charge in [-0.05, 0) is 49.8 Å². The monoisotopic (exact) mass is 280 g/mol. The Balaban J connectivity index is 2.24. The molecule has 0 bridgehead atoms. The number of nitrogens with zero attached hydrogens (tertiary/aromatic N) is 1. The summed E-state index contributed by atoms with van der Waals surface area (Å²) in [6.45, 7) is 6.33. The summed E-state index contributed by atoms with van der Waals surface area (Å²) in [5, 5.41) is 0.876. The lowest BCUT2D eigenvalue weighted by Gasteiger charge is -2.29. The Labute approximate surface area is 121 Å². The van der Waals surface area contributed by atoms with E-state index in [9.17, 15) is 0 Å². The molecule has 0 radical (unpaired) electrons. The fourth-order valence-corrected chi connectivity index (χ4v) is 2.80. The van der Waals surface area contributed by atoms with Gasteiger partial charge in [0.05, 0.1) is 10.7 Å². The van der Waals surface area contributed by atoms with E-state index in [-0.39, 0.29) is 0 Å². The molecule has 0 amide bonds. The number of nitrogens with two attached hydrogens (primary N) is 1. The SMILES string of the molecule is CC(C)CCN(c1c(Cl)cccc1CCN)C1CC1. The highest BCUT2D eigenvalue weighted by atomic mass is 35.5. The average molecular weight is 281 g/mol. The fraction of sp³-hybridized carbons (Fsp3) is 0.625. The lowest BCUT2D eigenvalue weighted by Crippen LogP contribution is -2.29. The van der Waals surface area contributed by atoms with Crippen molar-refractivity contribution in [2.24, 2.45) is 11.7 Å². The van der Waals surface area contributed by atoms with E-state index in [1.54, 1.807) is 0 Å². The predicted molar refractivity (Wildman–Crippen MR) is 84.0 cm³/mol. The normalized spacial score (nSPS) is 15.0. The lowest BCUT2D eigenvalue weighted by atomic mass is 10.1. The molecule has 3 heteroatoms. The maximum atomic E-state index is 6.46. The highest BCUT2D eigenvalue weighted by Crippen LogP contribution is 2.38. The van der Waals surface area contributed by atoms with Gasteiger partial charge in [-0.1, -0.05) is 37.6 Å². The van der Waals surface area contributed by atoms with Gasteiger partial charge in [-0.25, -0.2) is 0 Å². The Kier molecular flexibility index (Phi) is 5.12. The number of rotatable bonds is 7. The zero-order valence-electron chi connectivity index (χ0n) is 12.0. The summed E-state index contributed by atoms with van der Waals surface area (Å²) in [6, 6.07) is 6.89. The first kappa shape index (κ1) is 14.7. The minimum atomic E-state index is 0.677. The fourth-order valence-electron chi connectivity index (χ4n) is 2.50. The van der Waals surface area contributed by atoms with Crippen molar-refractivity contribution in [2.45, 2.75) is 45.6 Å². The van der Waals surface area contributed by atoms with Crippen LogP contribution in [0.15, 0.2) is 18.2 Å². The van der Waals surface area contributed by atoms with E-state index in [2.05, 4.69) is 24.8 Å². The van der Waals surface area contributed by atoms with Crippen LogP contribution in [0.25, 0.3) is 0 Å². The Hall–Kier alpha value is -0.730. The Morgan fingerprint density at radius 3 is 2.68 bits per heavy atom. The van der Waals surface area contributed by atoms with Crippen molar-refractivity contribution in [3.8, 4) is 0 Å². The van der Waals surface area contributed by atoms with Gasteiger partial charge in [0.25, 0.3) is 0 Å². The lowest BCUT2D eigenvalue weighted by molar-refractivity contribution is 0.570. The maximum absolute atomic E-state index is 6.46. The third-order valence-corrected chi connectivity index (χ3v) is 4.01. The van der Waals surface area contributed by atoms with Gasteiger partial charge >= 0.3 is 0 Å². The number of para-hydroxylation sites is 1. The number of halogens is 1. The molecule has 0 heterocycles. The molecule has 0 saturated heterocycles. The van der Waals surface area contributed by atoms with Crippen molar-refractivity contribution in [3.63, 3.8) is 0 Å². The number of hydrogen-bond acceptors (Lipinski definition) is 2. The van der Waals surface area contributed by atoms with Crippen LogP contribution in [-0.4, -0.2) is 19.1 Å². The second-order valence-electron chi connectivity index (χ2n) is 5.89. The number of anilines is 1. The quantitative estimate of drug-likeness (QED) is 0.822. The molecule has 1 aliphatic carbocycles. The molecule has 106 valence electrons. The highest BCUT2D eigenvalue weighted by Gasteiger charge is 2.31.